The van der Waals surface area contributed by atoms with Gasteiger partial charge in [-0.3, -0.25) is 9.69 Å². The summed E-state index contributed by atoms with van der Waals surface area (Å²) in [6.45, 7) is 2.86. The lowest BCUT2D eigenvalue weighted by Crippen LogP contribution is -2.42. The molecular formula is C18H22FN3O2. The third-order valence-corrected chi connectivity index (χ3v) is 5.18. The number of nitrogens with two attached hydrogens (primary N) is 1. The normalized spacial score (nSPS) is 25.5. The minimum atomic E-state index is -0.317. The molecule has 0 spiro atoms. The molecule has 2 aliphatic rings. The van der Waals surface area contributed by atoms with Gasteiger partial charge in [-0.1, -0.05) is 0 Å². The summed E-state index contributed by atoms with van der Waals surface area (Å²) in [7, 11) is 0. The predicted octanol–water partition coefficient (Wildman–Crippen LogP) is 1.80. The number of hydrogen-bond acceptors (Lipinski definition) is 4. The lowest BCUT2D eigenvalue weighted by Gasteiger charge is -2.35. The SMILES string of the molecule is N#Cc1ccc(F)cc1CN1CCC([C@H]2OCC[C@@H]2C(N)=O)CC1. The molecule has 1 aromatic carbocycles. The number of carbonyl (C=O) groups is 1. The average molecular weight is 331 g/mol. The van der Waals surface area contributed by atoms with Crippen molar-refractivity contribution in [1.29, 1.82) is 5.26 Å². The highest BCUT2D eigenvalue weighted by Gasteiger charge is 2.39. The highest BCUT2D eigenvalue weighted by molar-refractivity contribution is 5.77. The molecule has 2 heterocycles. The number of primary amides is 1. The average Bonchev–Trinajstić information content (AvgIpc) is 3.06. The summed E-state index contributed by atoms with van der Waals surface area (Å²) in [4.78, 5) is 13.8. The second-order valence-corrected chi connectivity index (χ2v) is 6.66. The number of piperidine rings is 1. The molecule has 6 heteroatoms. The van der Waals surface area contributed by atoms with Crippen molar-refractivity contribution in [1.82, 2.24) is 4.90 Å². The highest BCUT2D eigenvalue weighted by Crippen LogP contribution is 2.33. The molecule has 0 bridgehead atoms. The lowest BCUT2D eigenvalue weighted by atomic mass is 9.84. The van der Waals surface area contributed by atoms with Gasteiger partial charge in [-0.2, -0.15) is 5.26 Å². The van der Waals surface area contributed by atoms with Crippen molar-refractivity contribution in [3.63, 3.8) is 0 Å². The van der Waals surface area contributed by atoms with Crippen LogP contribution in [0.25, 0.3) is 0 Å². The summed E-state index contributed by atoms with van der Waals surface area (Å²) in [5, 5.41) is 9.15. The number of nitrogens with zero attached hydrogens (tertiary/aromatic N) is 2. The first-order chi connectivity index (χ1) is 11.6. The predicted molar refractivity (Wildman–Crippen MR) is 86.2 cm³/mol. The van der Waals surface area contributed by atoms with Crippen molar-refractivity contribution in [3.05, 3.63) is 35.1 Å². The smallest absolute Gasteiger partial charge is 0.223 e. The van der Waals surface area contributed by atoms with E-state index in [0.717, 1.165) is 37.9 Å². The van der Waals surface area contributed by atoms with E-state index in [4.69, 9.17) is 15.7 Å². The molecule has 128 valence electrons. The molecule has 2 atom stereocenters. The van der Waals surface area contributed by atoms with Crippen LogP contribution in [0.4, 0.5) is 4.39 Å². The van der Waals surface area contributed by atoms with Crippen molar-refractivity contribution in [3.8, 4) is 6.07 Å². The Hall–Kier alpha value is -1.97. The number of benzene rings is 1. The second kappa shape index (κ2) is 7.29. The van der Waals surface area contributed by atoms with Crippen LogP contribution in [0, 0.1) is 29.0 Å². The van der Waals surface area contributed by atoms with Crippen molar-refractivity contribution >= 4 is 5.91 Å². The Morgan fingerprint density at radius 3 is 2.79 bits per heavy atom. The number of rotatable bonds is 4. The Balaban J connectivity index is 1.59. The Morgan fingerprint density at radius 2 is 2.12 bits per heavy atom. The maximum absolute atomic E-state index is 13.4. The topological polar surface area (TPSA) is 79.3 Å². The molecule has 0 aliphatic carbocycles. The van der Waals surface area contributed by atoms with Gasteiger partial charge in [-0.15, -0.1) is 0 Å². The third-order valence-electron chi connectivity index (χ3n) is 5.18. The highest BCUT2D eigenvalue weighted by atomic mass is 19.1. The van der Waals surface area contributed by atoms with Gasteiger partial charge in [0.15, 0.2) is 0 Å². The lowest BCUT2D eigenvalue weighted by molar-refractivity contribution is -0.124. The van der Waals surface area contributed by atoms with Crippen LogP contribution in [0.1, 0.15) is 30.4 Å². The number of nitriles is 1. The van der Waals surface area contributed by atoms with Gasteiger partial charge >= 0.3 is 0 Å². The summed E-state index contributed by atoms with van der Waals surface area (Å²) >= 11 is 0. The van der Waals surface area contributed by atoms with Gasteiger partial charge < -0.3 is 10.5 Å². The number of carbonyl (C=O) groups excluding carboxylic acids is 1. The van der Waals surface area contributed by atoms with E-state index in [1.54, 1.807) is 0 Å². The molecule has 0 saturated carbocycles. The van der Waals surface area contributed by atoms with E-state index in [1.807, 2.05) is 0 Å². The summed E-state index contributed by atoms with van der Waals surface area (Å²) < 4.78 is 19.2. The molecule has 2 aliphatic heterocycles. The molecule has 1 amide bonds. The van der Waals surface area contributed by atoms with Crippen LogP contribution in [0.5, 0.6) is 0 Å². The van der Waals surface area contributed by atoms with E-state index in [2.05, 4.69) is 11.0 Å². The van der Waals surface area contributed by atoms with E-state index in [0.29, 0.717) is 24.6 Å². The third kappa shape index (κ3) is 3.58. The number of halogens is 1. The van der Waals surface area contributed by atoms with E-state index < -0.39 is 0 Å². The zero-order valence-corrected chi connectivity index (χ0v) is 13.6. The van der Waals surface area contributed by atoms with E-state index in [1.165, 1.54) is 18.2 Å². The number of hydrogen-bond donors (Lipinski definition) is 1. The van der Waals surface area contributed by atoms with Crippen molar-refractivity contribution in [2.75, 3.05) is 19.7 Å². The van der Waals surface area contributed by atoms with Gasteiger partial charge in [-0.25, -0.2) is 4.39 Å². The minimum Gasteiger partial charge on any atom is -0.377 e. The Bertz CT molecular complexity index is 650. The van der Waals surface area contributed by atoms with Crippen LogP contribution in [-0.4, -0.2) is 36.6 Å². The summed E-state index contributed by atoms with van der Waals surface area (Å²) in [6, 6.07) is 6.40. The quantitative estimate of drug-likeness (QED) is 0.912. The largest absolute Gasteiger partial charge is 0.377 e. The van der Waals surface area contributed by atoms with Gasteiger partial charge in [0, 0.05) is 13.2 Å². The zero-order valence-electron chi connectivity index (χ0n) is 13.6. The number of likely N-dealkylation sites (tertiary alicyclic amines) is 1. The van der Waals surface area contributed by atoms with Gasteiger partial charge in [0.05, 0.1) is 23.7 Å². The summed E-state index contributed by atoms with van der Waals surface area (Å²) in [5.41, 5.74) is 6.72. The number of ether oxygens (including phenoxy) is 1. The van der Waals surface area contributed by atoms with Crippen LogP contribution < -0.4 is 5.73 Å². The van der Waals surface area contributed by atoms with Crippen LogP contribution in [0.15, 0.2) is 18.2 Å². The first kappa shape index (κ1) is 16.9. The standard InChI is InChI=1S/C18H22FN3O2/c19-15-2-1-13(10-20)14(9-15)11-22-6-3-12(4-7-22)17-16(18(21)23)5-8-24-17/h1-2,9,12,16-17H,3-8,11H2,(H2,21,23)/t16-,17+/m0/s1. The summed E-state index contributed by atoms with van der Waals surface area (Å²) in [6.07, 6.45) is 2.50. The Morgan fingerprint density at radius 1 is 1.38 bits per heavy atom. The molecule has 0 aromatic heterocycles. The molecule has 24 heavy (non-hydrogen) atoms. The fraction of sp³-hybridized carbons (Fsp3) is 0.556. The van der Waals surface area contributed by atoms with Crippen LogP contribution in [0.2, 0.25) is 0 Å². The fourth-order valence-electron chi connectivity index (χ4n) is 3.86. The molecule has 3 rings (SSSR count). The van der Waals surface area contributed by atoms with Crippen molar-refractivity contribution in [2.45, 2.75) is 31.9 Å². The minimum absolute atomic E-state index is 0.0616. The Kier molecular flexibility index (Phi) is 5.12. The molecule has 5 nitrogen and oxygen atoms in total. The van der Waals surface area contributed by atoms with Gasteiger partial charge in [-0.05, 0) is 62.0 Å². The van der Waals surface area contributed by atoms with Crippen LogP contribution in [0.3, 0.4) is 0 Å². The molecular weight excluding hydrogens is 309 g/mol. The first-order valence-corrected chi connectivity index (χ1v) is 8.40. The van der Waals surface area contributed by atoms with E-state index in [-0.39, 0.29) is 23.7 Å². The molecule has 0 unspecified atom stereocenters. The van der Waals surface area contributed by atoms with E-state index in [9.17, 15) is 9.18 Å². The van der Waals surface area contributed by atoms with E-state index >= 15 is 0 Å². The van der Waals surface area contributed by atoms with Gasteiger partial charge in [0.2, 0.25) is 5.91 Å². The summed E-state index contributed by atoms with van der Waals surface area (Å²) in [5.74, 6) is -0.417. The van der Waals surface area contributed by atoms with Gasteiger partial charge in [0.1, 0.15) is 5.82 Å². The van der Waals surface area contributed by atoms with Crippen LogP contribution in [-0.2, 0) is 16.1 Å². The maximum atomic E-state index is 13.4. The monoisotopic (exact) mass is 331 g/mol. The van der Waals surface area contributed by atoms with Crippen molar-refractivity contribution in [2.24, 2.45) is 17.6 Å². The first-order valence-electron chi connectivity index (χ1n) is 8.40. The molecule has 1 aromatic rings. The van der Waals surface area contributed by atoms with Crippen LogP contribution >= 0.6 is 0 Å². The molecule has 2 saturated heterocycles. The van der Waals surface area contributed by atoms with Gasteiger partial charge in [0.25, 0.3) is 0 Å². The molecule has 0 radical (unpaired) electrons. The molecule has 2 N–H and O–H groups in total. The van der Waals surface area contributed by atoms with Crippen molar-refractivity contribution < 1.29 is 13.9 Å². The zero-order chi connectivity index (χ0) is 17.1. The second-order valence-electron chi connectivity index (χ2n) is 6.66. The fourth-order valence-corrected chi connectivity index (χ4v) is 3.86. The Labute approximate surface area is 141 Å². The maximum Gasteiger partial charge on any atom is 0.223 e. The molecule has 2 fully saturated rings. The number of amides is 1.